The number of ether oxygens (including phenoxy) is 2. The first kappa shape index (κ1) is 23.0. The highest BCUT2D eigenvalue weighted by Gasteiger charge is 2.64. The molecule has 4 atom stereocenters. The lowest BCUT2D eigenvalue weighted by Crippen LogP contribution is -2.48. The van der Waals surface area contributed by atoms with E-state index < -0.39 is 23.9 Å². The van der Waals surface area contributed by atoms with Gasteiger partial charge in [0.1, 0.15) is 6.04 Å². The number of imide groups is 1. The lowest BCUT2D eigenvalue weighted by Gasteiger charge is -2.36. The summed E-state index contributed by atoms with van der Waals surface area (Å²) >= 11 is 0. The van der Waals surface area contributed by atoms with Crippen LogP contribution in [0.4, 0.5) is 11.4 Å². The van der Waals surface area contributed by atoms with E-state index in [0.717, 1.165) is 16.8 Å². The van der Waals surface area contributed by atoms with Crippen molar-refractivity contribution in [3.05, 3.63) is 89.5 Å². The van der Waals surface area contributed by atoms with E-state index in [-0.39, 0.29) is 17.6 Å². The van der Waals surface area contributed by atoms with Gasteiger partial charge in [0, 0.05) is 11.3 Å². The molecule has 0 aliphatic carbocycles. The first-order chi connectivity index (χ1) is 17.9. The highest BCUT2D eigenvalue weighted by atomic mass is 16.5. The molecule has 186 valence electrons. The molecule has 0 aromatic heterocycles. The largest absolute Gasteiger partial charge is 0.493 e. The van der Waals surface area contributed by atoms with Crippen molar-refractivity contribution in [2.45, 2.75) is 19.0 Å². The number of benzene rings is 3. The molecule has 3 aliphatic heterocycles. The van der Waals surface area contributed by atoms with Gasteiger partial charge in [-0.3, -0.25) is 14.4 Å². The number of Topliss-reactive ketones (excluding diaryl/α,β-unsaturated/α-hetero) is 1. The molecule has 3 aromatic carbocycles. The fourth-order valence-corrected chi connectivity index (χ4v) is 5.92. The molecular formula is C30H26N2O5. The SMILES string of the molecule is COc1ccc(C(=O)C2C3C(=O)N(c4ccc(C)cc4)C(=O)C3C3C=Cc4ccccc4N32)cc1OC. The highest BCUT2D eigenvalue weighted by Crippen LogP contribution is 2.50. The first-order valence-electron chi connectivity index (χ1n) is 12.2. The quantitative estimate of drug-likeness (QED) is 0.389. The zero-order valence-corrected chi connectivity index (χ0v) is 20.8. The molecule has 0 saturated carbocycles. The van der Waals surface area contributed by atoms with Crippen LogP contribution < -0.4 is 19.3 Å². The number of methoxy groups -OCH3 is 2. The van der Waals surface area contributed by atoms with E-state index in [1.165, 1.54) is 19.1 Å². The maximum absolute atomic E-state index is 14.2. The molecule has 2 saturated heterocycles. The van der Waals surface area contributed by atoms with Crippen molar-refractivity contribution >= 4 is 35.0 Å². The zero-order valence-electron chi connectivity index (χ0n) is 20.8. The van der Waals surface area contributed by atoms with Gasteiger partial charge in [0.25, 0.3) is 0 Å². The Bertz CT molecular complexity index is 1460. The minimum absolute atomic E-state index is 0.240. The second kappa shape index (κ2) is 8.62. The van der Waals surface area contributed by atoms with Crippen molar-refractivity contribution < 1.29 is 23.9 Å². The summed E-state index contributed by atoms with van der Waals surface area (Å²) in [5, 5.41) is 0. The van der Waals surface area contributed by atoms with E-state index in [2.05, 4.69) is 0 Å². The molecule has 0 bridgehead atoms. The molecule has 6 rings (SSSR count). The van der Waals surface area contributed by atoms with Gasteiger partial charge in [-0.05, 0) is 48.9 Å². The molecular weight excluding hydrogens is 468 g/mol. The van der Waals surface area contributed by atoms with Gasteiger partial charge in [0.2, 0.25) is 11.8 Å². The van der Waals surface area contributed by atoms with E-state index >= 15 is 0 Å². The second-order valence-electron chi connectivity index (χ2n) is 9.59. The lowest BCUT2D eigenvalue weighted by atomic mass is 9.86. The fourth-order valence-electron chi connectivity index (χ4n) is 5.92. The third-order valence-corrected chi connectivity index (χ3v) is 7.64. The van der Waals surface area contributed by atoms with E-state index in [0.29, 0.717) is 22.7 Å². The third kappa shape index (κ3) is 3.38. The van der Waals surface area contributed by atoms with Crippen molar-refractivity contribution in [3.8, 4) is 11.5 Å². The van der Waals surface area contributed by atoms with Gasteiger partial charge < -0.3 is 14.4 Å². The molecule has 7 nitrogen and oxygen atoms in total. The number of carbonyl (C=O) groups excluding carboxylic acids is 3. The topological polar surface area (TPSA) is 76.2 Å². The molecule has 2 fully saturated rings. The van der Waals surface area contributed by atoms with E-state index in [1.807, 2.05) is 60.4 Å². The van der Waals surface area contributed by atoms with E-state index in [9.17, 15) is 14.4 Å². The monoisotopic (exact) mass is 494 g/mol. The van der Waals surface area contributed by atoms with Crippen molar-refractivity contribution in [2.75, 3.05) is 24.0 Å². The number of ketones is 1. The molecule has 0 spiro atoms. The van der Waals surface area contributed by atoms with Gasteiger partial charge in [-0.15, -0.1) is 0 Å². The Labute approximate surface area is 214 Å². The van der Waals surface area contributed by atoms with Crippen LogP contribution in [0.15, 0.2) is 72.8 Å². The molecule has 4 unspecified atom stereocenters. The molecule has 0 radical (unpaired) electrons. The molecule has 2 amide bonds. The predicted molar refractivity (Wildman–Crippen MR) is 140 cm³/mol. The van der Waals surface area contributed by atoms with E-state index in [4.69, 9.17) is 9.47 Å². The molecule has 3 aromatic rings. The normalized spacial score (nSPS) is 23.5. The Morgan fingerprint density at radius 1 is 0.838 bits per heavy atom. The number of hydrogen-bond donors (Lipinski definition) is 0. The van der Waals surface area contributed by atoms with Crippen LogP contribution in [-0.4, -0.2) is 43.9 Å². The number of nitrogens with zero attached hydrogens (tertiary/aromatic N) is 2. The molecule has 3 aliphatic rings. The van der Waals surface area contributed by atoms with Crippen LogP contribution in [0.2, 0.25) is 0 Å². The highest BCUT2D eigenvalue weighted by molar-refractivity contribution is 6.25. The molecule has 3 heterocycles. The van der Waals surface area contributed by atoms with Crippen LogP contribution in [-0.2, 0) is 9.59 Å². The predicted octanol–water partition coefficient (Wildman–Crippen LogP) is 4.28. The number of aryl methyl sites for hydroxylation is 1. The summed E-state index contributed by atoms with van der Waals surface area (Å²) in [4.78, 5) is 45.2. The summed E-state index contributed by atoms with van der Waals surface area (Å²) in [6, 6.07) is 18.8. The van der Waals surface area contributed by atoms with Crippen molar-refractivity contribution in [1.82, 2.24) is 0 Å². The van der Waals surface area contributed by atoms with Gasteiger partial charge in [0.05, 0.1) is 37.8 Å². The summed E-state index contributed by atoms with van der Waals surface area (Å²) in [6.07, 6.45) is 3.93. The average molecular weight is 495 g/mol. The van der Waals surface area contributed by atoms with Crippen LogP contribution >= 0.6 is 0 Å². The standard InChI is InChI=1S/C30H26N2O5/c1-17-8-12-20(13-9-17)31-29(34)25-22-14-10-18-6-4-5-7-21(18)32(22)27(26(25)30(31)35)28(33)19-11-15-23(36-2)24(16-19)37-3/h4-16,22,25-27H,1-3H3. The van der Waals surface area contributed by atoms with Crippen LogP contribution in [0.3, 0.4) is 0 Å². The number of carbonyl (C=O) groups is 3. The summed E-state index contributed by atoms with van der Waals surface area (Å²) in [5.74, 6) is -1.43. The summed E-state index contributed by atoms with van der Waals surface area (Å²) in [5.41, 5.74) is 3.73. The first-order valence-corrected chi connectivity index (χ1v) is 12.2. The number of amides is 2. The van der Waals surface area contributed by atoms with Crippen LogP contribution in [0, 0.1) is 18.8 Å². The maximum atomic E-state index is 14.2. The van der Waals surface area contributed by atoms with Crippen molar-refractivity contribution in [2.24, 2.45) is 11.8 Å². The summed E-state index contributed by atoms with van der Waals surface area (Å²) < 4.78 is 10.8. The molecule has 7 heteroatoms. The van der Waals surface area contributed by atoms with Gasteiger partial charge in [-0.25, -0.2) is 4.90 Å². The van der Waals surface area contributed by atoms with Crippen molar-refractivity contribution in [3.63, 3.8) is 0 Å². The molecule has 0 N–H and O–H groups in total. The number of hydrogen-bond acceptors (Lipinski definition) is 6. The van der Waals surface area contributed by atoms with Crippen LogP contribution in [0.5, 0.6) is 11.5 Å². The number of rotatable bonds is 5. The maximum Gasteiger partial charge on any atom is 0.240 e. The van der Waals surface area contributed by atoms with Gasteiger partial charge in [-0.2, -0.15) is 0 Å². The van der Waals surface area contributed by atoms with Crippen molar-refractivity contribution in [1.29, 1.82) is 0 Å². The third-order valence-electron chi connectivity index (χ3n) is 7.64. The second-order valence-corrected chi connectivity index (χ2v) is 9.59. The Balaban J connectivity index is 1.48. The lowest BCUT2D eigenvalue weighted by molar-refractivity contribution is -0.122. The minimum atomic E-state index is -0.855. The Kier molecular flexibility index (Phi) is 5.37. The minimum Gasteiger partial charge on any atom is -0.493 e. The van der Waals surface area contributed by atoms with Gasteiger partial charge in [0.15, 0.2) is 17.3 Å². The fraction of sp³-hybridized carbons (Fsp3) is 0.233. The summed E-state index contributed by atoms with van der Waals surface area (Å²) in [7, 11) is 3.04. The van der Waals surface area contributed by atoms with Gasteiger partial charge >= 0.3 is 0 Å². The molecule has 37 heavy (non-hydrogen) atoms. The van der Waals surface area contributed by atoms with Crippen LogP contribution in [0.25, 0.3) is 6.08 Å². The van der Waals surface area contributed by atoms with Crippen LogP contribution in [0.1, 0.15) is 21.5 Å². The Morgan fingerprint density at radius 3 is 2.27 bits per heavy atom. The Morgan fingerprint density at radius 2 is 1.54 bits per heavy atom. The van der Waals surface area contributed by atoms with Gasteiger partial charge in [-0.1, -0.05) is 48.0 Å². The zero-order chi connectivity index (χ0) is 25.8. The number of anilines is 2. The summed E-state index contributed by atoms with van der Waals surface area (Å²) in [6.45, 7) is 1.95. The smallest absolute Gasteiger partial charge is 0.240 e. The number of fused-ring (bicyclic) bond motifs is 5. The van der Waals surface area contributed by atoms with E-state index in [1.54, 1.807) is 30.3 Å². The number of para-hydroxylation sites is 1. The Hall–Kier alpha value is -4.39. The average Bonchev–Trinajstić information content (AvgIpc) is 3.41.